The van der Waals surface area contributed by atoms with Crippen LogP contribution in [0.5, 0.6) is 0 Å². The maximum Gasteiger partial charge on any atom is 0.307 e. The minimum absolute atomic E-state index is 0.0739. The summed E-state index contributed by atoms with van der Waals surface area (Å²) in [6.45, 7) is 4.36. The second-order valence-electron chi connectivity index (χ2n) is 5.23. The first-order valence-corrected chi connectivity index (χ1v) is 6.89. The van der Waals surface area contributed by atoms with E-state index in [9.17, 15) is 4.79 Å². The fourth-order valence-electron chi connectivity index (χ4n) is 2.80. The molecule has 0 amide bonds. The summed E-state index contributed by atoms with van der Waals surface area (Å²) in [5, 5.41) is 0. The number of esters is 1. The summed E-state index contributed by atoms with van der Waals surface area (Å²) in [7, 11) is 0. The van der Waals surface area contributed by atoms with Crippen LogP contribution in [0.15, 0.2) is 0 Å². The standard InChI is InChI=1S/C11H17NO2S2/c1-10(2)6-11(3-4-16-10)7(9(12)15)5-8(13)14-11/h7H,3-6H2,1-2H3,(H2,12,15)/t7-,11+/m0/s1. The Bertz CT molecular complexity index is 343. The monoisotopic (exact) mass is 259 g/mol. The molecule has 2 heterocycles. The second-order valence-corrected chi connectivity index (χ2v) is 7.51. The number of carbonyl (C=O) groups excluding carboxylic acids is 1. The number of hydrogen-bond donors (Lipinski definition) is 1. The van der Waals surface area contributed by atoms with Crippen LogP contribution in [0.3, 0.4) is 0 Å². The van der Waals surface area contributed by atoms with Crippen LogP contribution >= 0.6 is 24.0 Å². The van der Waals surface area contributed by atoms with Crippen LogP contribution in [-0.2, 0) is 9.53 Å². The maximum absolute atomic E-state index is 11.5. The fourth-order valence-corrected chi connectivity index (χ4v) is 4.44. The largest absolute Gasteiger partial charge is 0.458 e. The van der Waals surface area contributed by atoms with Gasteiger partial charge in [-0.1, -0.05) is 26.1 Å². The minimum atomic E-state index is -0.419. The van der Waals surface area contributed by atoms with Crippen LogP contribution in [0.4, 0.5) is 0 Å². The predicted molar refractivity (Wildman–Crippen MR) is 69.5 cm³/mol. The Morgan fingerprint density at radius 2 is 2.31 bits per heavy atom. The zero-order valence-electron chi connectivity index (χ0n) is 9.62. The van der Waals surface area contributed by atoms with Crippen molar-refractivity contribution in [3.8, 4) is 0 Å². The number of rotatable bonds is 1. The molecule has 0 radical (unpaired) electrons. The smallest absolute Gasteiger partial charge is 0.307 e. The highest BCUT2D eigenvalue weighted by molar-refractivity contribution is 8.00. The van der Waals surface area contributed by atoms with E-state index in [0.29, 0.717) is 11.4 Å². The molecule has 2 aliphatic heterocycles. The van der Waals surface area contributed by atoms with Gasteiger partial charge in [-0.05, 0) is 12.2 Å². The highest BCUT2D eigenvalue weighted by Crippen LogP contribution is 2.50. The van der Waals surface area contributed by atoms with Crippen LogP contribution in [0.25, 0.3) is 0 Å². The summed E-state index contributed by atoms with van der Waals surface area (Å²) in [5.41, 5.74) is 5.33. The molecule has 1 spiro atoms. The van der Waals surface area contributed by atoms with Crippen LogP contribution in [0, 0.1) is 5.92 Å². The molecule has 0 aromatic carbocycles. The lowest BCUT2D eigenvalue weighted by Gasteiger charge is -2.43. The van der Waals surface area contributed by atoms with Crippen molar-refractivity contribution in [3.05, 3.63) is 0 Å². The Hall–Kier alpha value is -0.290. The molecule has 2 saturated heterocycles. The van der Waals surface area contributed by atoms with Crippen molar-refractivity contribution in [1.82, 2.24) is 0 Å². The summed E-state index contributed by atoms with van der Waals surface area (Å²) in [4.78, 5) is 11.9. The average molecular weight is 259 g/mol. The predicted octanol–water partition coefficient (Wildman–Crippen LogP) is 1.88. The van der Waals surface area contributed by atoms with E-state index in [1.165, 1.54) is 0 Å². The number of hydrogen-bond acceptors (Lipinski definition) is 4. The van der Waals surface area contributed by atoms with Gasteiger partial charge in [0.2, 0.25) is 0 Å². The number of nitrogens with two attached hydrogens (primary N) is 1. The van der Waals surface area contributed by atoms with Crippen molar-refractivity contribution >= 4 is 34.9 Å². The zero-order valence-corrected chi connectivity index (χ0v) is 11.2. The molecule has 2 rings (SSSR count). The summed E-state index contributed by atoms with van der Waals surface area (Å²) in [5.74, 6) is 0.773. The van der Waals surface area contributed by atoms with Crippen molar-refractivity contribution in [1.29, 1.82) is 0 Å². The van der Waals surface area contributed by atoms with Crippen LogP contribution in [-0.4, -0.2) is 27.1 Å². The van der Waals surface area contributed by atoms with Gasteiger partial charge in [-0.25, -0.2) is 0 Å². The molecule has 90 valence electrons. The van der Waals surface area contributed by atoms with Crippen molar-refractivity contribution < 1.29 is 9.53 Å². The molecule has 3 nitrogen and oxygen atoms in total. The van der Waals surface area contributed by atoms with Gasteiger partial charge < -0.3 is 10.5 Å². The molecule has 2 atom stereocenters. The lowest BCUT2D eigenvalue weighted by molar-refractivity contribution is -0.150. The Morgan fingerprint density at radius 1 is 1.62 bits per heavy atom. The van der Waals surface area contributed by atoms with Gasteiger partial charge in [0.25, 0.3) is 0 Å². The normalized spacial score (nSPS) is 37.4. The molecule has 0 aromatic heterocycles. The Labute approximate surface area is 105 Å². The van der Waals surface area contributed by atoms with Gasteiger partial charge in [-0.3, -0.25) is 4.79 Å². The third-order valence-corrected chi connectivity index (χ3v) is 5.03. The molecular formula is C11H17NO2S2. The molecule has 5 heteroatoms. The van der Waals surface area contributed by atoms with E-state index in [4.69, 9.17) is 22.7 Å². The molecule has 0 unspecified atom stereocenters. The number of thiocarbonyl (C=S) groups is 1. The topological polar surface area (TPSA) is 52.3 Å². The molecule has 0 saturated carbocycles. The third kappa shape index (κ3) is 2.07. The summed E-state index contributed by atoms with van der Waals surface area (Å²) in [6.07, 6.45) is 2.07. The van der Waals surface area contributed by atoms with Gasteiger partial charge >= 0.3 is 5.97 Å². The van der Waals surface area contributed by atoms with E-state index in [0.717, 1.165) is 18.6 Å². The van der Waals surface area contributed by atoms with E-state index in [1.54, 1.807) is 0 Å². The van der Waals surface area contributed by atoms with E-state index in [2.05, 4.69) is 13.8 Å². The lowest BCUT2D eigenvalue weighted by Crippen LogP contribution is -2.49. The van der Waals surface area contributed by atoms with E-state index in [-0.39, 0.29) is 16.6 Å². The first-order chi connectivity index (χ1) is 7.35. The average Bonchev–Trinajstić information content (AvgIpc) is 2.40. The first-order valence-electron chi connectivity index (χ1n) is 5.50. The first kappa shape index (κ1) is 12.2. The molecule has 2 aliphatic rings. The summed E-state index contributed by atoms with van der Waals surface area (Å²) < 4.78 is 5.71. The maximum atomic E-state index is 11.5. The Morgan fingerprint density at radius 3 is 2.88 bits per heavy atom. The lowest BCUT2D eigenvalue weighted by atomic mass is 9.78. The van der Waals surface area contributed by atoms with Gasteiger partial charge in [-0.2, -0.15) is 11.8 Å². The molecule has 16 heavy (non-hydrogen) atoms. The van der Waals surface area contributed by atoms with Gasteiger partial charge in [-0.15, -0.1) is 0 Å². The Kier molecular flexibility index (Phi) is 2.95. The van der Waals surface area contributed by atoms with Gasteiger partial charge in [0.1, 0.15) is 5.60 Å². The van der Waals surface area contributed by atoms with Gasteiger partial charge in [0.15, 0.2) is 0 Å². The van der Waals surface area contributed by atoms with Crippen molar-refractivity contribution in [2.75, 3.05) is 5.75 Å². The molecule has 0 aliphatic carbocycles. The second kappa shape index (κ2) is 3.88. The van der Waals surface area contributed by atoms with E-state index >= 15 is 0 Å². The van der Waals surface area contributed by atoms with Crippen molar-refractivity contribution in [2.45, 2.75) is 43.5 Å². The van der Waals surface area contributed by atoms with E-state index in [1.807, 2.05) is 11.8 Å². The van der Waals surface area contributed by atoms with Crippen LogP contribution in [0.1, 0.15) is 33.1 Å². The molecular weight excluding hydrogens is 242 g/mol. The van der Waals surface area contributed by atoms with E-state index < -0.39 is 5.60 Å². The SMILES string of the molecule is CC1(C)C[C@@]2(CCS1)OC(=O)C[C@H]2C(N)=S. The highest BCUT2D eigenvalue weighted by Gasteiger charge is 2.54. The molecule has 2 N–H and O–H groups in total. The fraction of sp³-hybridized carbons (Fsp3) is 0.818. The summed E-state index contributed by atoms with van der Waals surface area (Å²) in [6, 6.07) is 0. The van der Waals surface area contributed by atoms with Crippen molar-refractivity contribution in [2.24, 2.45) is 11.7 Å². The quantitative estimate of drug-likeness (QED) is 0.575. The number of carbonyl (C=O) groups is 1. The van der Waals surface area contributed by atoms with Gasteiger partial charge in [0, 0.05) is 11.2 Å². The van der Waals surface area contributed by atoms with Crippen LogP contribution in [0.2, 0.25) is 0 Å². The highest BCUT2D eigenvalue weighted by atomic mass is 32.2. The third-order valence-electron chi connectivity index (χ3n) is 3.41. The summed E-state index contributed by atoms with van der Waals surface area (Å²) >= 11 is 7.00. The number of thioether (sulfide) groups is 1. The number of ether oxygens (including phenoxy) is 1. The van der Waals surface area contributed by atoms with Crippen LogP contribution < -0.4 is 5.73 Å². The van der Waals surface area contributed by atoms with Gasteiger partial charge in [0.05, 0.1) is 17.3 Å². The van der Waals surface area contributed by atoms with Crippen molar-refractivity contribution in [3.63, 3.8) is 0 Å². The zero-order chi connectivity index (χ0) is 12.0. The Balaban J connectivity index is 2.28. The molecule has 2 fully saturated rings. The minimum Gasteiger partial charge on any atom is -0.458 e. The molecule has 0 aromatic rings. The molecule has 0 bridgehead atoms.